The lowest BCUT2D eigenvalue weighted by Crippen LogP contribution is -2.36. The Labute approximate surface area is 166 Å². The highest BCUT2D eigenvalue weighted by Gasteiger charge is 2.34. The maximum Gasteiger partial charge on any atom is 0.419 e. The lowest BCUT2D eigenvalue weighted by atomic mass is 9.75. The predicted molar refractivity (Wildman–Crippen MR) is 114 cm³/mol. The lowest BCUT2D eigenvalue weighted by molar-refractivity contribution is 0.00759. The summed E-state index contributed by atoms with van der Waals surface area (Å²) in [6.45, 7) is 6.69. The molecule has 144 valence electrons. The monoisotopic (exact) mass is 373 g/mol. The van der Waals surface area contributed by atoms with E-state index in [0.29, 0.717) is 17.8 Å². The molecule has 0 aliphatic heterocycles. The number of aromatic nitrogens is 1. The molecule has 0 spiro atoms. The van der Waals surface area contributed by atoms with Crippen molar-refractivity contribution in [2.24, 2.45) is 17.8 Å². The van der Waals surface area contributed by atoms with Gasteiger partial charge in [0.1, 0.15) is 6.10 Å². The van der Waals surface area contributed by atoms with E-state index in [2.05, 4.69) is 26.7 Å². The van der Waals surface area contributed by atoms with Gasteiger partial charge in [-0.3, -0.25) is 0 Å². The molecular weight excluding hydrogens is 346 g/mol. The van der Waals surface area contributed by atoms with Crippen LogP contribution in [0.3, 0.4) is 0 Å². The van der Waals surface area contributed by atoms with Gasteiger partial charge in [-0.2, -0.15) is 0 Å². The third kappa shape index (κ3) is 3.18. The average molecular weight is 373 g/mol. The molecule has 0 bridgehead atoms. The average Bonchev–Trinajstić information content (AvgIpc) is 3.01. The summed E-state index contributed by atoms with van der Waals surface area (Å²) in [6, 6.07) is 13.8. The van der Waals surface area contributed by atoms with Crippen molar-refractivity contribution in [1.82, 2.24) is 4.57 Å². The van der Waals surface area contributed by atoms with Gasteiger partial charge in [0, 0.05) is 16.3 Å². The summed E-state index contributed by atoms with van der Waals surface area (Å²) in [5.41, 5.74) is 2.43. The Morgan fingerprint density at radius 3 is 2.64 bits per heavy atom. The summed E-state index contributed by atoms with van der Waals surface area (Å²) in [5.74, 6) is 4.16. The van der Waals surface area contributed by atoms with Crippen LogP contribution in [0.15, 0.2) is 42.5 Å². The van der Waals surface area contributed by atoms with Crippen LogP contribution >= 0.6 is 0 Å². The van der Waals surface area contributed by atoms with Crippen molar-refractivity contribution in [2.45, 2.75) is 46.1 Å². The normalized spacial score (nSPS) is 22.5. The van der Waals surface area contributed by atoms with Gasteiger partial charge in [0.2, 0.25) is 0 Å². The van der Waals surface area contributed by atoms with Gasteiger partial charge >= 0.3 is 6.09 Å². The van der Waals surface area contributed by atoms with E-state index in [1.54, 1.807) is 4.57 Å². The summed E-state index contributed by atoms with van der Waals surface area (Å²) in [6.07, 6.45) is 8.52. The second-order valence-corrected chi connectivity index (χ2v) is 8.48. The van der Waals surface area contributed by atoms with Gasteiger partial charge in [-0.25, -0.2) is 9.36 Å². The van der Waals surface area contributed by atoms with E-state index in [1.165, 1.54) is 6.42 Å². The molecule has 1 aromatic heterocycles. The standard InChI is InChI=1S/C25H27NO2/c1-5-18-11-13-21-20-8-6-7-9-22(20)26(23(21)15-18)25(27)28-24-14-17(4)10-12-19(24)16(2)3/h1,6-9,11,13,15-17,19,24H,10,12,14H2,2-4H3/t17-,19+,24-/m0/s1. The summed E-state index contributed by atoms with van der Waals surface area (Å²) in [5, 5.41) is 2.06. The summed E-state index contributed by atoms with van der Waals surface area (Å²) in [7, 11) is 0. The maximum atomic E-state index is 13.4. The van der Waals surface area contributed by atoms with Crippen molar-refractivity contribution < 1.29 is 9.53 Å². The van der Waals surface area contributed by atoms with E-state index in [-0.39, 0.29) is 12.2 Å². The van der Waals surface area contributed by atoms with Crippen molar-refractivity contribution in [3.05, 3.63) is 48.0 Å². The SMILES string of the molecule is C#Cc1ccc2c3ccccc3n(C(=O)O[C@H]3C[C@@H](C)CC[C@@H]3C(C)C)c2c1. The van der Waals surface area contributed by atoms with Crippen LogP contribution in [0.2, 0.25) is 0 Å². The van der Waals surface area contributed by atoms with Crippen LogP contribution in [0, 0.1) is 30.1 Å². The topological polar surface area (TPSA) is 31.2 Å². The summed E-state index contributed by atoms with van der Waals surface area (Å²) < 4.78 is 7.84. The Balaban J connectivity index is 1.78. The predicted octanol–water partition coefficient (Wildman–Crippen LogP) is 6.22. The second kappa shape index (κ2) is 7.36. The van der Waals surface area contributed by atoms with Crippen molar-refractivity contribution in [1.29, 1.82) is 0 Å². The Hall–Kier alpha value is -2.73. The summed E-state index contributed by atoms with van der Waals surface area (Å²) in [4.78, 5) is 13.4. The molecule has 3 atom stereocenters. The Morgan fingerprint density at radius 1 is 1.14 bits per heavy atom. The number of para-hydroxylation sites is 1. The molecule has 0 amide bonds. The Morgan fingerprint density at radius 2 is 1.89 bits per heavy atom. The smallest absolute Gasteiger partial charge is 0.419 e. The Bertz CT molecular complexity index is 1070. The molecule has 1 fully saturated rings. The van der Waals surface area contributed by atoms with Crippen molar-refractivity contribution in [3.63, 3.8) is 0 Å². The fourth-order valence-electron chi connectivity index (χ4n) is 4.69. The van der Waals surface area contributed by atoms with Crippen LogP contribution in [-0.2, 0) is 4.74 Å². The molecule has 0 radical (unpaired) electrons. The summed E-state index contributed by atoms with van der Waals surface area (Å²) >= 11 is 0. The minimum atomic E-state index is -0.301. The van der Waals surface area contributed by atoms with Gasteiger partial charge in [0.25, 0.3) is 0 Å². The molecular formula is C25H27NO2. The van der Waals surface area contributed by atoms with Gasteiger partial charge < -0.3 is 4.74 Å². The van der Waals surface area contributed by atoms with Gasteiger partial charge in [-0.1, -0.05) is 57.4 Å². The molecule has 3 nitrogen and oxygen atoms in total. The number of terminal acetylenes is 1. The van der Waals surface area contributed by atoms with E-state index >= 15 is 0 Å². The van der Waals surface area contributed by atoms with Crippen molar-refractivity contribution >= 4 is 27.9 Å². The molecule has 1 aliphatic rings. The number of carbonyl (C=O) groups is 1. The maximum absolute atomic E-state index is 13.4. The molecule has 1 heterocycles. The van der Waals surface area contributed by atoms with Crippen LogP contribution in [0.25, 0.3) is 21.8 Å². The first-order valence-corrected chi connectivity index (χ1v) is 10.2. The van der Waals surface area contributed by atoms with E-state index in [9.17, 15) is 4.79 Å². The molecule has 3 aromatic rings. The van der Waals surface area contributed by atoms with Gasteiger partial charge in [0.15, 0.2) is 0 Å². The number of rotatable bonds is 2. The molecule has 4 rings (SSSR count). The lowest BCUT2D eigenvalue weighted by Gasteiger charge is -2.36. The van der Waals surface area contributed by atoms with Crippen molar-refractivity contribution in [3.8, 4) is 12.3 Å². The number of fused-ring (bicyclic) bond motifs is 3. The number of ether oxygens (including phenoxy) is 1. The fourth-order valence-corrected chi connectivity index (χ4v) is 4.69. The zero-order chi connectivity index (χ0) is 19.8. The van der Waals surface area contributed by atoms with Gasteiger partial charge in [0.05, 0.1) is 11.0 Å². The number of nitrogens with zero attached hydrogens (tertiary/aromatic N) is 1. The minimum absolute atomic E-state index is 0.0386. The molecule has 0 unspecified atom stereocenters. The minimum Gasteiger partial charge on any atom is -0.445 e. The highest BCUT2D eigenvalue weighted by molar-refractivity contribution is 6.12. The van der Waals surface area contributed by atoms with E-state index in [0.717, 1.165) is 40.2 Å². The first kappa shape index (κ1) is 18.6. The second-order valence-electron chi connectivity index (χ2n) is 8.48. The number of hydrogen-bond acceptors (Lipinski definition) is 2. The number of hydrogen-bond donors (Lipinski definition) is 0. The van der Waals surface area contributed by atoms with Crippen LogP contribution in [0.4, 0.5) is 4.79 Å². The quantitative estimate of drug-likeness (QED) is 0.499. The van der Waals surface area contributed by atoms with Gasteiger partial charge in [-0.05, 0) is 48.8 Å². The molecule has 1 saturated carbocycles. The van der Waals surface area contributed by atoms with E-state index in [1.807, 2.05) is 42.5 Å². The first-order valence-electron chi connectivity index (χ1n) is 10.2. The van der Waals surface area contributed by atoms with Gasteiger partial charge in [-0.15, -0.1) is 6.42 Å². The highest BCUT2D eigenvalue weighted by Crippen LogP contribution is 2.36. The number of carbonyl (C=O) groups excluding carboxylic acids is 1. The molecule has 3 heteroatoms. The first-order chi connectivity index (χ1) is 13.5. The van der Waals surface area contributed by atoms with Crippen LogP contribution in [0.5, 0.6) is 0 Å². The third-order valence-electron chi connectivity index (χ3n) is 6.24. The van der Waals surface area contributed by atoms with E-state index < -0.39 is 0 Å². The Kier molecular flexibility index (Phi) is 4.89. The molecule has 1 aliphatic carbocycles. The highest BCUT2D eigenvalue weighted by atomic mass is 16.6. The molecule has 0 saturated heterocycles. The molecule has 0 N–H and O–H groups in total. The largest absolute Gasteiger partial charge is 0.445 e. The zero-order valence-electron chi connectivity index (χ0n) is 16.8. The number of benzene rings is 2. The van der Waals surface area contributed by atoms with Crippen LogP contribution < -0.4 is 0 Å². The molecule has 28 heavy (non-hydrogen) atoms. The van der Waals surface area contributed by atoms with E-state index in [4.69, 9.17) is 11.2 Å². The third-order valence-corrected chi connectivity index (χ3v) is 6.24. The fraction of sp³-hybridized carbons (Fsp3) is 0.400. The van der Waals surface area contributed by atoms with Crippen LogP contribution in [-0.4, -0.2) is 16.8 Å². The van der Waals surface area contributed by atoms with Crippen molar-refractivity contribution in [2.75, 3.05) is 0 Å². The zero-order valence-corrected chi connectivity index (χ0v) is 16.8. The van der Waals surface area contributed by atoms with Crippen LogP contribution in [0.1, 0.15) is 45.6 Å². The molecule has 2 aromatic carbocycles.